The van der Waals surface area contributed by atoms with Crippen molar-refractivity contribution in [3.05, 3.63) is 93.3 Å². The molecule has 0 aliphatic heterocycles. The SMILES string of the molecule is COc1ccc(/C=C/C(=O)Oc2ccc3c(=O)c(Oc4cc(C)cc(C)c4)c(C(F)(F)F)oc3c2)cc1OC. The van der Waals surface area contributed by atoms with E-state index in [-0.39, 0.29) is 16.9 Å². The number of ether oxygens (including phenoxy) is 4. The number of aryl methyl sites for hydroxylation is 2. The third kappa shape index (κ3) is 6.23. The molecule has 3 aromatic carbocycles. The zero-order chi connectivity index (χ0) is 28.3. The van der Waals surface area contributed by atoms with Crippen LogP contribution in [0, 0.1) is 13.8 Å². The second-order valence-corrected chi connectivity index (χ2v) is 8.54. The van der Waals surface area contributed by atoms with Crippen LogP contribution in [0.1, 0.15) is 22.5 Å². The van der Waals surface area contributed by atoms with Gasteiger partial charge in [0.2, 0.25) is 11.2 Å². The minimum atomic E-state index is -5.03. The van der Waals surface area contributed by atoms with Gasteiger partial charge in [-0.15, -0.1) is 0 Å². The second kappa shape index (κ2) is 10.9. The summed E-state index contributed by atoms with van der Waals surface area (Å²) in [4.78, 5) is 25.4. The summed E-state index contributed by atoms with van der Waals surface area (Å²) < 4.78 is 67.7. The maximum absolute atomic E-state index is 13.9. The number of rotatable bonds is 7. The number of fused-ring (bicyclic) bond motifs is 1. The fourth-order valence-corrected chi connectivity index (χ4v) is 3.88. The molecule has 0 atom stereocenters. The predicted molar refractivity (Wildman–Crippen MR) is 138 cm³/mol. The molecule has 0 amide bonds. The van der Waals surface area contributed by atoms with Crippen molar-refractivity contribution in [3.63, 3.8) is 0 Å². The fourth-order valence-electron chi connectivity index (χ4n) is 3.88. The highest BCUT2D eigenvalue weighted by Gasteiger charge is 2.40. The van der Waals surface area contributed by atoms with Gasteiger partial charge in [-0.05, 0) is 73.0 Å². The summed E-state index contributed by atoms with van der Waals surface area (Å²) in [5.41, 5.74) is 0.661. The average molecular weight is 540 g/mol. The van der Waals surface area contributed by atoms with Gasteiger partial charge in [0, 0.05) is 12.1 Å². The summed E-state index contributed by atoms with van der Waals surface area (Å²) in [5.74, 6) is -2.48. The average Bonchev–Trinajstić information content (AvgIpc) is 2.87. The van der Waals surface area contributed by atoms with Crippen LogP contribution in [0.3, 0.4) is 0 Å². The zero-order valence-corrected chi connectivity index (χ0v) is 21.3. The number of carbonyl (C=O) groups is 1. The van der Waals surface area contributed by atoms with Crippen molar-refractivity contribution in [2.75, 3.05) is 14.2 Å². The smallest absolute Gasteiger partial charge is 0.453 e. The summed E-state index contributed by atoms with van der Waals surface area (Å²) in [7, 11) is 2.97. The molecule has 0 saturated carbocycles. The van der Waals surface area contributed by atoms with Crippen molar-refractivity contribution in [1.82, 2.24) is 0 Å². The van der Waals surface area contributed by atoms with Gasteiger partial charge in [0.15, 0.2) is 11.5 Å². The van der Waals surface area contributed by atoms with Gasteiger partial charge in [-0.25, -0.2) is 4.79 Å². The maximum atomic E-state index is 13.9. The summed E-state index contributed by atoms with van der Waals surface area (Å²) in [6.45, 7) is 3.50. The highest BCUT2D eigenvalue weighted by molar-refractivity contribution is 5.89. The maximum Gasteiger partial charge on any atom is 0.453 e. The lowest BCUT2D eigenvalue weighted by Gasteiger charge is -2.14. The van der Waals surface area contributed by atoms with E-state index in [2.05, 4.69) is 0 Å². The number of benzene rings is 3. The van der Waals surface area contributed by atoms with E-state index < -0.39 is 34.7 Å². The Morgan fingerprint density at radius 1 is 0.872 bits per heavy atom. The van der Waals surface area contributed by atoms with Crippen molar-refractivity contribution in [2.45, 2.75) is 20.0 Å². The number of hydrogen-bond acceptors (Lipinski definition) is 7. The summed E-state index contributed by atoms with van der Waals surface area (Å²) >= 11 is 0. The monoisotopic (exact) mass is 540 g/mol. The molecule has 0 aliphatic rings. The van der Waals surface area contributed by atoms with Crippen molar-refractivity contribution < 1.29 is 41.3 Å². The van der Waals surface area contributed by atoms with Gasteiger partial charge < -0.3 is 23.4 Å². The van der Waals surface area contributed by atoms with Crippen LogP contribution in [0.25, 0.3) is 17.0 Å². The fraction of sp³-hybridized carbons (Fsp3) is 0.172. The summed E-state index contributed by atoms with van der Waals surface area (Å²) in [6.07, 6.45) is -2.44. The molecule has 1 heterocycles. The van der Waals surface area contributed by atoms with Crippen LogP contribution in [-0.4, -0.2) is 20.2 Å². The molecule has 0 fully saturated rings. The number of carbonyl (C=O) groups excluding carboxylic acids is 1. The molecule has 4 aromatic rings. The van der Waals surface area contributed by atoms with Crippen molar-refractivity contribution in [2.24, 2.45) is 0 Å². The topological polar surface area (TPSA) is 84.2 Å². The van der Waals surface area contributed by atoms with E-state index >= 15 is 0 Å². The first-order chi connectivity index (χ1) is 18.5. The lowest BCUT2D eigenvalue weighted by molar-refractivity contribution is -0.154. The second-order valence-electron chi connectivity index (χ2n) is 8.54. The van der Waals surface area contributed by atoms with Gasteiger partial charge in [-0.3, -0.25) is 4.79 Å². The summed E-state index contributed by atoms with van der Waals surface area (Å²) in [6, 6.07) is 13.3. The van der Waals surface area contributed by atoms with E-state index in [1.165, 1.54) is 44.6 Å². The minimum absolute atomic E-state index is 0.0662. The van der Waals surface area contributed by atoms with Gasteiger partial charge in [0.25, 0.3) is 5.76 Å². The van der Waals surface area contributed by atoms with E-state index in [0.29, 0.717) is 17.1 Å². The molecular weight excluding hydrogens is 517 g/mol. The Morgan fingerprint density at radius 2 is 1.56 bits per heavy atom. The normalized spacial score (nSPS) is 11.6. The van der Waals surface area contributed by atoms with E-state index in [0.717, 1.165) is 23.3 Å². The number of esters is 1. The standard InChI is InChI=1S/C29H23F3O7/c1-16-11-17(2)13-20(12-16)38-27-26(34)21-8-7-19(15-23(21)39-28(27)29(30,31)32)37-25(33)10-6-18-5-9-22(35-3)24(14-18)36-4/h5-15H,1-4H3/b10-6+. The van der Waals surface area contributed by atoms with Crippen LogP contribution in [0.15, 0.2) is 69.9 Å². The van der Waals surface area contributed by atoms with Gasteiger partial charge in [0.05, 0.1) is 19.6 Å². The molecule has 7 nitrogen and oxygen atoms in total. The third-order valence-electron chi connectivity index (χ3n) is 5.53. The predicted octanol–water partition coefficient (Wildman–Crippen LogP) is 6.86. The van der Waals surface area contributed by atoms with Crippen LogP contribution in [-0.2, 0) is 11.0 Å². The van der Waals surface area contributed by atoms with E-state index in [1.807, 2.05) is 6.07 Å². The number of alkyl halides is 3. The molecule has 0 saturated heterocycles. The largest absolute Gasteiger partial charge is 0.493 e. The molecular formula is C29H23F3O7. The minimum Gasteiger partial charge on any atom is -0.493 e. The van der Waals surface area contributed by atoms with Crippen LogP contribution in [0.5, 0.6) is 28.7 Å². The Labute approximate surface area is 221 Å². The van der Waals surface area contributed by atoms with Crippen LogP contribution in [0.2, 0.25) is 0 Å². The van der Waals surface area contributed by atoms with E-state index in [4.69, 9.17) is 23.4 Å². The summed E-state index contributed by atoms with van der Waals surface area (Å²) in [5, 5.41) is -0.178. The molecule has 0 aliphatic carbocycles. The molecule has 39 heavy (non-hydrogen) atoms. The third-order valence-corrected chi connectivity index (χ3v) is 5.53. The van der Waals surface area contributed by atoms with Gasteiger partial charge in [0.1, 0.15) is 17.1 Å². The Morgan fingerprint density at radius 3 is 2.21 bits per heavy atom. The van der Waals surface area contributed by atoms with Crippen molar-refractivity contribution >= 4 is 23.0 Å². The number of hydrogen-bond donors (Lipinski definition) is 0. The molecule has 10 heteroatoms. The Balaban J connectivity index is 1.64. The molecule has 0 radical (unpaired) electrons. The van der Waals surface area contributed by atoms with Crippen molar-refractivity contribution in [1.29, 1.82) is 0 Å². The highest BCUT2D eigenvalue weighted by Crippen LogP contribution is 2.39. The van der Waals surface area contributed by atoms with Gasteiger partial charge in [-0.2, -0.15) is 13.2 Å². The van der Waals surface area contributed by atoms with Crippen LogP contribution in [0.4, 0.5) is 13.2 Å². The van der Waals surface area contributed by atoms with Crippen LogP contribution >= 0.6 is 0 Å². The molecule has 0 bridgehead atoms. The van der Waals surface area contributed by atoms with E-state index in [9.17, 15) is 22.8 Å². The molecule has 202 valence electrons. The first kappa shape index (κ1) is 27.3. The Bertz CT molecular complexity index is 1610. The van der Waals surface area contributed by atoms with Crippen LogP contribution < -0.4 is 24.4 Å². The molecule has 0 spiro atoms. The molecule has 0 N–H and O–H groups in total. The quantitative estimate of drug-likeness (QED) is 0.144. The van der Waals surface area contributed by atoms with Crippen molar-refractivity contribution in [3.8, 4) is 28.7 Å². The lowest BCUT2D eigenvalue weighted by atomic mass is 10.1. The van der Waals surface area contributed by atoms with E-state index in [1.54, 1.807) is 32.0 Å². The molecule has 1 aromatic heterocycles. The Hall–Kier alpha value is -4.73. The lowest BCUT2D eigenvalue weighted by Crippen LogP contribution is -2.15. The first-order valence-corrected chi connectivity index (χ1v) is 11.5. The van der Waals surface area contributed by atoms with Gasteiger partial charge in [-0.1, -0.05) is 12.1 Å². The Kier molecular flexibility index (Phi) is 7.66. The molecule has 0 unspecified atom stereocenters. The first-order valence-electron chi connectivity index (χ1n) is 11.5. The number of methoxy groups -OCH3 is 2. The highest BCUT2D eigenvalue weighted by atomic mass is 19.4. The van der Waals surface area contributed by atoms with Gasteiger partial charge >= 0.3 is 12.1 Å². The zero-order valence-electron chi connectivity index (χ0n) is 21.3. The number of halogens is 3. The molecule has 4 rings (SSSR count).